The second-order valence-electron chi connectivity index (χ2n) is 2.91. The first-order chi connectivity index (χ1) is 7.51. The van der Waals surface area contributed by atoms with Gasteiger partial charge in [0.1, 0.15) is 5.60 Å². The summed E-state index contributed by atoms with van der Waals surface area (Å²) in [6.07, 6.45) is -2.72. The van der Waals surface area contributed by atoms with Crippen LogP contribution in [0, 0.1) is 0 Å². The molecule has 10 heteroatoms. The van der Waals surface area contributed by atoms with Crippen LogP contribution in [0.4, 0.5) is 0 Å². The third-order valence-corrected chi connectivity index (χ3v) is 1.25. The first-order valence-electron chi connectivity index (χ1n) is 4.02. The van der Waals surface area contributed by atoms with Gasteiger partial charge < -0.3 is 44.7 Å². The van der Waals surface area contributed by atoms with Gasteiger partial charge in [-0.05, 0) is 6.92 Å². The molecular formula is C8H8O9Pb-4. The van der Waals surface area contributed by atoms with E-state index in [1.165, 1.54) is 0 Å². The Bertz CT molecular complexity index is 305. The fraction of sp³-hybridized carbons (Fsp3) is 0.500. The van der Waals surface area contributed by atoms with Gasteiger partial charge in [0.2, 0.25) is 0 Å². The van der Waals surface area contributed by atoms with Gasteiger partial charge in [-0.3, -0.25) is 0 Å². The van der Waals surface area contributed by atoms with Gasteiger partial charge in [0, 0.05) is 58.0 Å². The minimum Gasteiger partial charge on any atom is -0.550 e. The molecule has 0 amide bonds. The van der Waals surface area contributed by atoms with Crippen molar-refractivity contribution in [2.45, 2.75) is 25.4 Å². The summed E-state index contributed by atoms with van der Waals surface area (Å²) in [5.74, 6) is -7.07. The van der Waals surface area contributed by atoms with Crippen molar-refractivity contribution >= 4 is 51.2 Å². The standard InChI is InChI=1S/C6H8O7.C2H4O2.Pb/c7-3(8)1-6(13,5(11)12)2-4(9)10;1-2(3)4;/h13H,1-2H2,(H,7,8)(H,9,10)(H,11,12);1H3,(H,3,4);/p-4. The van der Waals surface area contributed by atoms with Crippen molar-refractivity contribution in [3.63, 3.8) is 0 Å². The Kier molecular flexibility index (Phi) is 11.9. The fourth-order valence-electron chi connectivity index (χ4n) is 0.684. The molecule has 0 atom stereocenters. The maximum absolute atomic E-state index is 10.1. The number of carbonyl (C=O) groups is 4. The maximum Gasteiger partial charge on any atom is 0.114 e. The molecule has 0 bridgehead atoms. The predicted molar refractivity (Wildman–Crippen MR) is 45.6 cm³/mol. The Labute approximate surface area is 121 Å². The van der Waals surface area contributed by atoms with Crippen molar-refractivity contribution in [1.29, 1.82) is 0 Å². The first kappa shape index (κ1) is 22.0. The first-order valence-corrected chi connectivity index (χ1v) is 4.02. The second kappa shape index (κ2) is 9.76. The molecule has 0 aliphatic carbocycles. The zero-order chi connectivity index (χ0) is 14.2. The van der Waals surface area contributed by atoms with Crippen molar-refractivity contribution in [1.82, 2.24) is 0 Å². The average molecular weight is 455 g/mol. The molecule has 0 aromatic carbocycles. The fourth-order valence-corrected chi connectivity index (χ4v) is 0.684. The quantitative estimate of drug-likeness (QED) is 0.394. The van der Waals surface area contributed by atoms with Crippen LogP contribution >= 0.6 is 0 Å². The van der Waals surface area contributed by atoms with Gasteiger partial charge in [0.25, 0.3) is 0 Å². The van der Waals surface area contributed by atoms with E-state index < -0.39 is 42.3 Å². The molecule has 0 spiro atoms. The number of carboxylic acids is 4. The van der Waals surface area contributed by atoms with E-state index in [9.17, 15) is 29.7 Å². The Hall–Kier alpha value is -1.24. The Morgan fingerprint density at radius 3 is 1.28 bits per heavy atom. The minimum absolute atomic E-state index is 0. The van der Waals surface area contributed by atoms with Gasteiger partial charge in [-0.15, -0.1) is 0 Å². The Balaban J connectivity index is -0.000000392. The zero-order valence-corrected chi connectivity index (χ0v) is 13.0. The van der Waals surface area contributed by atoms with Gasteiger partial charge in [-0.25, -0.2) is 0 Å². The van der Waals surface area contributed by atoms with Gasteiger partial charge >= 0.3 is 0 Å². The van der Waals surface area contributed by atoms with E-state index >= 15 is 0 Å². The normalized spacial score (nSPS) is 9.22. The van der Waals surface area contributed by atoms with Crippen molar-refractivity contribution in [2.75, 3.05) is 0 Å². The number of aliphatic hydroxyl groups is 1. The molecule has 0 rings (SSSR count). The van der Waals surface area contributed by atoms with Crippen molar-refractivity contribution < 1.29 is 44.7 Å². The van der Waals surface area contributed by atoms with E-state index in [0.717, 1.165) is 6.92 Å². The molecule has 0 fully saturated rings. The largest absolute Gasteiger partial charge is 0.550 e. The second-order valence-corrected chi connectivity index (χ2v) is 2.91. The van der Waals surface area contributed by atoms with E-state index in [1.54, 1.807) is 0 Å². The minimum atomic E-state index is -2.97. The van der Waals surface area contributed by atoms with Crippen molar-refractivity contribution in [2.24, 2.45) is 0 Å². The van der Waals surface area contributed by atoms with Gasteiger partial charge in [-0.1, -0.05) is 0 Å². The van der Waals surface area contributed by atoms with Crippen LogP contribution in [-0.4, -0.2) is 61.9 Å². The molecule has 0 aliphatic rings. The molecule has 1 N–H and O–H groups in total. The molecule has 9 nitrogen and oxygen atoms in total. The molecule has 0 unspecified atom stereocenters. The molecule has 18 heavy (non-hydrogen) atoms. The number of hydrogen-bond donors (Lipinski definition) is 1. The van der Waals surface area contributed by atoms with Crippen molar-refractivity contribution in [3.05, 3.63) is 0 Å². The van der Waals surface area contributed by atoms with Crippen LogP contribution in [0.5, 0.6) is 0 Å². The molecule has 0 aliphatic heterocycles. The van der Waals surface area contributed by atoms with Crippen LogP contribution in [-0.2, 0) is 19.2 Å². The van der Waals surface area contributed by atoms with E-state index in [-0.39, 0.29) is 27.3 Å². The third-order valence-electron chi connectivity index (χ3n) is 1.25. The predicted octanol–water partition coefficient (Wildman–Crippen LogP) is -6.88. The average Bonchev–Trinajstić information content (AvgIpc) is 1.98. The Morgan fingerprint density at radius 1 is 0.944 bits per heavy atom. The molecule has 0 saturated heterocycles. The SMILES string of the molecule is CC(=O)[O-].O=C([O-])CC(O)(CC(=O)[O-])C(=O)[O-].[Pb]. The summed E-state index contributed by atoms with van der Waals surface area (Å²) >= 11 is 0. The van der Waals surface area contributed by atoms with Gasteiger partial charge in [0.15, 0.2) is 0 Å². The van der Waals surface area contributed by atoms with E-state index in [0.29, 0.717) is 0 Å². The number of rotatable bonds is 5. The topological polar surface area (TPSA) is 181 Å². The molecule has 0 aromatic rings. The van der Waals surface area contributed by atoms with Gasteiger partial charge in [-0.2, -0.15) is 0 Å². The molecule has 0 heterocycles. The molecule has 4 radical (unpaired) electrons. The van der Waals surface area contributed by atoms with E-state index in [2.05, 4.69) is 0 Å². The number of carboxylic acid groups (broad SMARTS) is 4. The molecule has 102 valence electrons. The number of aliphatic carboxylic acids is 4. The maximum atomic E-state index is 10.1. The monoisotopic (exact) mass is 456 g/mol. The van der Waals surface area contributed by atoms with Gasteiger partial charge in [0.05, 0.1) is 5.97 Å². The van der Waals surface area contributed by atoms with Crippen LogP contribution < -0.4 is 20.4 Å². The summed E-state index contributed by atoms with van der Waals surface area (Å²) in [4.78, 5) is 38.9. The van der Waals surface area contributed by atoms with Crippen molar-refractivity contribution in [3.8, 4) is 0 Å². The number of carbonyl (C=O) groups excluding carboxylic acids is 4. The van der Waals surface area contributed by atoms with Crippen LogP contribution in [0.2, 0.25) is 0 Å². The summed E-state index contributed by atoms with van der Waals surface area (Å²) in [5.41, 5.74) is -2.97. The van der Waals surface area contributed by atoms with Crippen LogP contribution in [0.15, 0.2) is 0 Å². The summed E-state index contributed by atoms with van der Waals surface area (Å²) in [6.45, 7) is 0.972. The summed E-state index contributed by atoms with van der Waals surface area (Å²) in [7, 11) is 0. The third kappa shape index (κ3) is 12.8. The smallest absolute Gasteiger partial charge is 0.114 e. The zero-order valence-electron chi connectivity index (χ0n) is 9.13. The molecular weight excluding hydrogens is 447 g/mol. The van der Waals surface area contributed by atoms with Crippen LogP contribution in [0.3, 0.4) is 0 Å². The number of hydrogen-bond acceptors (Lipinski definition) is 9. The van der Waals surface area contributed by atoms with E-state index in [1.807, 2.05) is 0 Å². The summed E-state index contributed by atoms with van der Waals surface area (Å²) in [5, 5.41) is 47.8. The van der Waals surface area contributed by atoms with Crippen LogP contribution in [0.25, 0.3) is 0 Å². The Morgan fingerprint density at radius 2 is 1.17 bits per heavy atom. The molecule has 0 aromatic heterocycles. The van der Waals surface area contributed by atoms with E-state index in [4.69, 9.17) is 15.0 Å². The summed E-state index contributed by atoms with van der Waals surface area (Å²) in [6, 6.07) is 0. The molecule has 0 saturated carbocycles. The van der Waals surface area contributed by atoms with Crippen LogP contribution in [0.1, 0.15) is 19.8 Å². The summed E-state index contributed by atoms with van der Waals surface area (Å²) < 4.78 is 0.